The highest BCUT2D eigenvalue weighted by molar-refractivity contribution is 5.11. The van der Waals surface area contributed by atoms with Gasteiger partial charge < -0.3 is 0 Å². The van der Waals surface area contributed by atoms with Crippen molar-refractivity contribution in [3.63, 3.8) is 0 Å². The quantitative estimate of drug-likeness (QED) is 0.618. The molecule has 6 heteroatoms. The molecule has 0 saturated heterocycles. The van der Waals surface area contributed by atoms with Gasteiger partial charge in [0.25, 0.3) is 0 Å². The lowest BCUT2D eigenvalue weighted by atomic mass is 10.3. The van der Waals surface area contributed by atoms with Crippen molar-refractivity contribution in [2.45, 2.75) is 13.1 Å². The lowest BCUT2D eigenvalue weighted by Crippen LogP contribution is -2.24. The van der Waals surface area contributed by atoms with E-state index in [1.165, 1.54) is 0 Å². The average Bonchev–Trinajstić information content (AvgIpc) is 3.01. The van der Waals surface area contributed by atoms with E-state index in [2.05, 4.69) is 19.1 Å². The van der Waals surface area contributed by atoms with Gasteiger partial charge in [-0.1, -0.05) is 0 Å². The van der Waals surface area contributed by atoms with Gasteiger partial charge in [-0.05, 0) is 0 Å². The molecule has 0 unspecified atom stereocenters. The fraction of sp³-hybridized carbons (Fsp3) is 0.286. The Balaban J connectivity index is 1.84. The molecule has 0 amide bonds. The number of hydrogen-bond acceptors (Lipinski definition) is 2. The highest BCUT2D eigenvalue weighted by Crippen LogP contribution is 2.06. The molecule has 3 heterocycles. The van der Waals surface area contributed by atoms with Gasteiger partial charge in [0.2, 0.25) is 12.7 Å². The predicted octanol–water partition coefficient (Wildman–Crippen LogP) is -0.175. The number of hydrogen-bond donors (Lipinski definition) is 0. The predicted molar refractivity (Wildman–Crippen MR) is 71.5 cm³/mol. The second kappa shape index (κ2) is 5.24. The number of imidazole rings is 2. The van der Waals surface area contributed by atoms with Crippen LogP contribution in [0, 0.1) is 0 Å². The first kappa shape index (κ1) is 12.5. The first-order valence-corrected chi connectivity index (χ1v) is 6.51. The number of aromatic nitrogens is 6. The highest BCUT2D eigenvalue weighted by Gasteiger charge is 2.12. The Bertz CT molecular complexity index is 651. The molecule has 0 bridgehead atoms. The van der Waals surface area contributed by atoms with Gasteiger partial charge >= 0.3 is 0 Å². The van der Waals surface area contributed by atoms with E-state index in [-0.39, 0.29) is 0 Å². The molecule has 3 rings (SSSR count). The Morgan fingerprint density at radius 3 is 1.65 bits per heavy atom. The molecule has 3 aromatic rings. The van der Waals surface area contributed by atoms with Crippen LogP contribution in [-0.2, 0) is 27.2 Å². The normalized spacial score (nSPS) is 10.9. The Labute approximate surface area is 117 Å². The summed E-state index contributed by atoms with van der Waals surface area (Å²) in [6.07, 6.45) is 15.7. The third kappa shape index (κ3) is 2.74. The van der Waals surface area contributed by atoms with Gasteiger partial charge in [-0.15, -0.1) is 0 Å². The van der Waals surface area contributed by atoms with Crippen LogP contribution in [0.4, 0.5) is 0 Å². The van der Waals surface area contributed by atoms with Crippen molar-refractivity contribution in [1.29, 1.82) is 0 Å². The van der Waals surface area contributed by atoms with Gasteiger partial charge in [-0.3, -0.25) is 9.97 Å². The first-order valence-electron chi connectivity index (χ1n) is 6.51. The van der Waals surface area contributed by atoms with E-state index in [0.717, 1.165) is 24.5 Å². The van der Waals surface area contributed by atoms with Crippen molar-refractivity contribution in [3.8, 4) is 0 Å². The molecule has 0 saturated carbocycles. The molecule has 0 N–H and O–H groups in total. The van der Waals surface area contributed by atoms with E-state index in [4.69, 9.17) is 0 Å². The molecule has 102 valence electrons. The van der Waals surface area contributed by atoms with Crippen LogP contribution in [0.25, 0.3) is 0 Å². The molecular formula is C14H18N6+2. The van der Waals surface area contributed by atoms with Gasteiger partial charge in [0.05, 0.1) is 14.1 Å². The minimum atomic E-state index is 0.734. The molecule has 0 spiro atoms. The van der Waals surface area contributed by atoms with E-state index in [0.29, 0.717) is 0 Å². The minimum Gasteiger partial charge on any atom is -0.253 e. The number of aryl methyl sites for hydroxylation is 2. The second-order valence-corrected chi connectivity index (χ2v) is 4.95. The zero-order valence-electron chi connectivity index (χ0n) is 11.7. The second-order valence-electron chi connectivity index (χ2n) is 4.95. The Morgan fingerprint density at radius 2 is 1.30 bits per heavy atom. The van der Waals surface area contributed by atoms with Gasteiger partial charge in [0, 0.05) is 12.4 Å². The van der Waals surface area contributed by atoms with Crippen LogP contribution in [0.5, 0.6) is 0 Å². The van der Waals surface area contributed by atoms with E-state index in [1.807, 2.05) is 60.7 Å². The summed E-state index contributed by atoms with van der Waals surface area (Å²) in [5.74, 6) is 0. The van der Waals surface area contributed by atoms with Crippen molar-refractivity contribution in [2.24, 2.45) is 14.1 Å². The molecule has 0 aromatic carbocycles. The monoisotopic (exact) mass is 270 g/mol. The van der Waals surface area contributed by atoms with Gasteiger partial charge in [0.15, 0.2) is 0 Å². The molecule has 6 nitrogen and oxygen atoms in total. The number of rotatable bonds is 4. The molecule has 0 fully saturated rings. The molecule has 20 heavy (non-hydrogen) atoms. The summed E-state index contributed by atoms with van der Waals surface area (Å²) in [5, 5.41) is 0. The van der Waals surface area contributed by atoms with Crippen molar-refractivity contribution in [2.75, 3.05) is 0 Å². The zero-order chi connectivity index (χ0) is 13.9. The lowest BCUT2D eigenvalue weighted by Gasteiger charge is -2.03. The van der Waals surface area contributed by atoms with Crippen LogP contribution < -0.4 is 9.13 Å². The van der Waals surface area contributed by atoms with Crippen molar-refractivity contribution >= 4 is 0 Å². The minimum absolute atomic E-state index is 0.734. The van der Waals surface area contributed by atoms with Crippen LogP contribution >= 0.6 is 0 Å². The fourth-order valence-corrected chi connectivity index (χ4v) is 2.20. The Kier molecular flexibility index (Phi) is 3.28. The van der Waals surface area contributed by atoms with Crippen LogP contribution in [-0.4, -0.2) is 19.1 Å². The van der Waals surface area contributed by atoms with Crippen LogP contribution in [0.2, 0.25) is 0 Å². The van der Waals surface area contributed by atoms with Crippen LogP contribution in [0.1, 0.15) is 11.4 Å². The SMILES string of the molecule is C[n+]1ccn(Cc2nccnc2Cn2cc[n+](C)c2)c1. The van der Waals surface area contributed by atoms with Crippen molar-refractivity contribution in [3.05, 3.63) is 61.2 Å². The maximum Gasteiger partial charge on any atom is 0.243 e. The Hall–Kier alpha value is -2.50. The zero-order valence-corrected chi connectivity index (χ0v) is 11.7. The van der Waals surface area contributed by atoms with Crippen LogP contribution in [0.3, 0.4) is 0 Å². The third-order valence-corrected chi connectivity index (χ3v) is 3.17. The maximum atomic E-state index is 4.47. The largest absolute Gasteiger partial charge is 0.253 e. The van der Waals surface area contributed by atoms with Crippen molar-refractivity contribution < 1.29 is 9.13 Å². The average molecular weight is 270 g/mol. The van der Waals surface area contributed by atoms with Gasteiger partial charge in [0.1, 0.15) is 49.3 Å². The lowest BCUT2D eigenvalue weighted by molar-refractivity contribution is -0.671. The summed E-state index contributed by atoms with van der Waals surface area (Å²) in [5.41, 5.74) is 2.00. The third-order valence-electron chi connectivity index (χ3n) is 3.17. The molecule has 0 aliphatic carbocycles. The molecule has 0 aliphatic heterocycles. The number of nitrogens with zero attached hydrogens (tertiary/aromatic N) is 6. The summed E-state index contributed by atoms with van der Waals surface area (Å²) < 4.78 is 8.23. The highest BCUT2D eigenvalue weighted by atomic mass is 15.1. The molecule has 0 radical (unpaired) electrons. The fourth-order valence-electron chi connectivity index (χ4n) is 2.20. The van der Waals surface area contributed by atoms with E-state index >= 15 is 0 Å². The maximum absolute atomic E-state index is 4.47. The first-order chi connectivity index (χ1) is 9.70. The molecule has 3 aromatic heterocycles. The smallest absolute Gasteiger partial charge is 0.243 e. The van der Waals surface area contributed by atoms with E-state index in [1.54, 1.807) is 12.4 Å². The summed E-state index contributed by atoms with van der Waals surface area (Å²) in [7, 11) is 4.02. The topological polar surface area (TPSA) is 43.4 Å². The standard InChI is InChI=1S/C14H18N6/c1-17-5-7-19(11-17)9-13-14(16-4-3-15-13)10-20-8-6-18(2)12-20/h3-8,11-12H,9-10H2,1-2H3/q+2. The molecular weight excluding hydrogens is 252 g/mol. The summed E-state index contributed by atoms with van der Waals surface area (Å²) in [6.45, 7) is 1.47. The van der Waals surface area contributed by atoms with Crippen molar-refractivity contribution in [1.82, 2.24) is 19.1 Å². The van der Waals surface area contributed by atoms with Gasteiger partial charge in [-0.2, -0.15) is 0 Å². The molecule has 0 atom stereocenters. The van der Waals surface area contributed by atoms with Gasteiger partial charge in [-0.25, -0.2) is 18.3 Å². The van der Waals surface area contributed by atoms with E-state index < -0.39 is 0 Å². The Morgan fingerprint density at radius 1 is 0.850 bits per heavy atom. The molecule has 0 aliphatic rings. The van der Waals surface area contributed by atoms with Crippen LogP contribution in [0.15, 0.2) is 49.8 Å². The summed E-state index contributed by atoms with van der Waals surface area (Å²) in [4.78, 5) is 8.95. The van der Waals surface area contributed by atoms with E-state index in [9.17, 15) is 0 Å². The summed E-state index contributed by atoms with van der Waals surface area (Å²) >= 11 is 0. The summed E-state index contributed by atoms with van der Waals surface area (Å²) in [6, 6.07) is 0.